The lowest BCUT2D eigenvalue weighted by molar-refractivity contribution is -0.0316. The first-order valence-electron chi connectivity index (χ1n) is 12.0. The van der Waals surface area contributed by atoms with Crippen molar-refractivity contribution in [1.29, 1.82) is 0 Å². The Bertz CT molecular complexity index is 727. The van der Waals surface area contributed by atoms with E-state index in [0.717, 1.165) is 44.2 Å². The number of rotatable bonds is 7. The van der Waals surface area contributed by atoms with Crippen molar-refractivity contribution in [2.45, 2.75) is 56.8 Å². The molecule has 0 spiro atoms. The molecule has 3 rings (SSSR count). The van der Waals surface area contributed by atoms with Gasteiger partial charge < -0.3 is 19.3 Å². The maximum atomic E-state index is 9.86. The lowest BCUT2D eigenvalue weighted by Crippen LogP contribution is -2.46. The van der Waals surface area contributed by atoms with Gasteiger partial charge in [0, 0.05) is 19.1 Å². The molecule has 0 bridgehead atoms. The summed E-state index contributed by atoms with van der Waals surface area (Å²) in [4.78, 5) is 2.33. The van der Waals surface area contributed by atoms with Gasteiger partial charge in [-0.1, -0.05) is 18.9 Å². The molecule has 5 nitrogen and oxygen atoms in total. The van der Waals surface area contributed by atoms with Crippen LogP contribution in [-0.2, 0) is 11.2 Å². The minimum atomic E-state index is -2.72. The fourth-order valence-corrected chi connectivity index (χ4v) is 3.96. The first-order chi connectivity index (χ1) is 14.5. The van der Waals surface area contributed by atoms with Crippen LogP contribution in [0.5, 0.6) is 11.5 Å². The van der Waals surface area contributed by atoms with Gasteiger partial charge in [0.1, 0.15) is 0 Å². The highest BCUT2D eigenvalue weighted by atomic mass is 16.5. The van der Waals surface area contributed by atoms with Gasteiger partial charge in [-0.2, -0.15) is 0 Å². The molecule has 1 aliphatic carbocycles. The van der Waals surface area contributed by atoms with Crippen molar-refractivity contribution in [3.05, 3.63) is 23.8 Å². The van der Waals surface area contributed by atoms with Crippen LogP contribution in [0.25, 0.3) is 0 Å². The maximum Gasteiger partial charge on any atom is 0.160 e. The Labute approximate surface area is 159 Å². The van der Waals surface area contributed by atoms with E-state index in [2.05, 4.69) is 4.90 Å². The Balaban J connectivity index is 1.61. The number of nitrogens with zero attached hydrogens (tertiary/aromatic N) is 1. The Morgan fingerprint density at radius 1 is 1.16 bits per heavy atom. The van der Waals surface area contributed by atoms with E-state index in [4.69, 9.17) is 22.4 Å². The molecular formula is C20H31NO4. The van der Waals surface area contributed by atoms with Crippen molar-refractivity contribution >= 4 is 0 Å². The Kier molecular flexibility index (Phi) is 4.32. The van der Waals surface area contributed by atoms with Crippen LogP contribution in [0.2, 0.25) is 0 Å². The summed E-state index contributed by atoms with van der Waals surface area (Å²) in [5, 5.41) is 9.86. The first-order valence-corrected chi connectivity index (χ1v) is 9.05. The molecule has 2 fully saturated rings. The third-order valence-electron chi connectivity index (χ3n) is 5.28. The van der Waals surface area contributed by atoms with E-state index >= 15 is 0 Å². The maximum absolute atomic E-state index is 9.86. The number of aliphatic hydroxyl groups excluding tert-OH is 1. The molecule has 0 radical (unpaired) electrons. The molecule has 1 unspecified atom stereocenters. The topological polar surface area (TPSA) is 51.2 Å². The minimum Gasteiger partial charge on any atom is -0.493 e. The van der Waals surface area contributed by atoms with Crippen LogP contribution in [0.15, 0.2) is 18.2 Å². The molecule has 2 aliphatic rings. The van der Waals surface area contributed by atoms with Crippen LogP contribution in [0.1, 0.15) is 45.9 Å². The zero-order valence-electron chi connectivity index (χ0n) is 20.4. The van der Waals surface area contributed by atoms with E-state index in [1.807, 2.05) is 0 Å². The average Bonchev–Trinajstić information content (AvgIpc) is 3.08. The van der Waals surface area contributed by atoms with Crippen molar-refractivity contribution in [3.8, 4) is 11.5 Å². The summed E-state index contributed by atoms with van der Waals surface area (Å²) >= 11 is 0. The summed E-state index contributed by atoms with van der Waals surface area (Å²) in [7, 11) is -5.44. The van der Waals surface area contributed by atoms with Gasteiger partial charge in [-0.15, -0.1) is 0 Å². The lowest BCUT2D eigenvalue weighted by atomic mass is 9.91. The number of ether oxygens (including phenoxy) is 3. The molecule has 0 aromatic heterocycles. The number of hydrogen-bond acceptors (Lipinski definition) is 5. The van der Waals surface area contributed by atoms with Crippen LogP contribution in [0.3, 0.4) is 0 Å². The van der Waals surface area contributed by atoms with E-state index in [-0.39, 0.29) is 23.7 Å². The lowest BCUT2D eigenvalue weighted by Gasteiger charge is -2.37. The third-order valence-corrected chi connectivity index (χ3v) is 5.28. The van der Waals surface area contributed by atoms with Crippen LogP contribution in [0, 0.1) is 0 Å². The van der Waals surface area contributed by atoms with Crippen molar-refractivity contribution in [1.82, 2.24) is 4.90 Å². The number of hydrogen-bond donors (Lipinski definition) is 1. The monoisotopic (exact) mass is 355 g/mol. The molecule has 1 aromatic carbocycles. The predicted octanol–water partition coefficient (Wildman–Crippen LogP) is 2.64. The summed E-state index contributed by atoms with van der Waals surface area (Å²) in [5.41, 5.74) is 0.765. The van der Waals surface area contributed by atoms with Crippen molar-refractivity contribution < 1.29 is 27.5 Å². The molecule has 5 heteroatoms. The Hall–Kier alpha value is -1.30. The zero-order valence-corrected chi connectivity index (χ0v) is 14.4. The van der Waals surface area contributed by atoms with Gasteiger partial charge in [0.05, 0.1) is 41.1 Å². The van der Waals surface area contributed by atoms with Gasteiger partial charge >= 0.3 is 0 Å². The van der Waals surface area contributed by atoms with Gasteiger partial charge in [-0.25, -0.2) is 0 Å². The summed E-state index contributed by atoms with van der Waals surface area (Å²) in [6, 6.07) is 4.91. The summed E-state index contributed by atoms with van der Waals surface area (Å²) < 4.78 is 59.8. The fraction of sp³-hybridized carbons (Fsp3) is 0.700. The van der Waals surface area contributed by atoms with E-state index in [1.165, 1.54) is 12.1 Å². The second-order valence-electron chi connectivity index (χ2n) is 6.93. The Morgan fingerprint density at radius 3 is 2.80 bits per heavy atom. The van der Waals surface area contributed by atoms with E-state index in [9.17, 15) is 5.11 Å². The number of likely N-dealkylation sites (tertiary alicyclic amines) is 1. The number of methoxy groups -OCH3 is 2. The molecule has 1 aromatic rings. The standard InChI is InChI=1S/C20H31NO4/c1-23-19-8-7-15(13-20(19)24-2)10-12-25-18-6-4-3-5-17(18)21-11-9-16(22)14-21/h7-8,13,16-18,22H,3-6,9-12,14H2,1-2H3/t16?,17-,18-/m1/s1/i1D3,2D3. The molecule has 1 saturated carbocycles. The van der Waals surface area contributed by atoms with Crippen molar-refractivity contribution in [2.75, 3.05) is 33.8 Å². The second kappa shape index (κ2) is 8.88. The third kappa shape index (κ3) is 4.66. The van der Waals surface area contributed by atoms with Gasteiger partial charge in [-0.05, 0) is 43.4 Å². The van der Waals surface area contributed by atoms with Crippen LogP contribution < -0.4 is 9.47 Å². The molecule has 1 aliphatic heterocycles. The van der Waals surface area contributed by atoms with E-state index in [1.54, 1.807) is 6.07 Å². The quantitative estimate of drug-likeness (QED) is 0.815. The Morgan fingerprint density at radius 2 is 2.00 bits per heavy atom. The molecule has 0 amide bonds. The molecule has 1 heterocycles. The van der Waals surface area contributed by atoms with Crippen molar-refractivity contribution in [2.24, 2.45) is 0 Å². The van der Waals surface area contributed by atoms with Crippen molar-refractivity contribution in [3.63, 3.8) is 0 Å². The minimum absolute atomic E-state index is 0.107. The number of β-amino-alcohol motifs (C(OH)–C–C–N with tert-alkyl or cyclic N) is 1. The van der Waals surface area contributed by atoms with Gasteiger partial charge in [0.15, 0.2) is 11.5 Å². The van der Waals surface area contributed by atoms with E-state index < -0.39 is 14.1 Å². The molecular weight excluding hydrogens is 318 g/mol. The zero-order chi connectivity index (χ0) is 22.6. The number of aliphatic hydroxyl groups is 1. The highest BCUT2D eigenvalue weighted by Crippen LogP contribution is 2.30. The van der Waals surface area contributed by atoms with Gasteiger partial charge in [-0.3, -0.25) is 4.90 Å². The average molecular weight is 356 g/mol. The smallest absolute Gasteiger partial charge is 0.160 e. The summed E-state index contributed by atoms with van der Waals surface area (Å²) in [5.74, 6) is -0.268. The molecule has 3 atom stereocenters. The first kappa shape index (κ1) is 12.2. The highest BCUT2D eigenvalue weighted by molar-refractivity contribution is 5.42. The van der Waals surface area contributed by atoms with Crippen LogP contribution in [0.4, 0.5) is 0 Å². The summed E-state index contributed by atoms with van der Waals surface area (Å²) in [6.45, 7) is 2.04. The fourth-order valence-electron chi connectivity index (χ4n) is 3.96. The van der Waals surface area contributed by atoms with E-state index in [0.29, 0.717) is 25.6 Å². The second-order valence-corrected chi connectivity index (χ2v) is 6.93. The van der Waals surface area contributed by atoms with Crippen LogP contribution in [-0.4, -0.2) is 62.0 Å². The summed E-state index contributed by atoms with van der Waals surface area (Å²) in [6.07, 6.45) is 5.51. The van der Waals surface area contributed by atoms with Gasteiger partial charge in [0.25, 0.3) is 0 Å². The van der Waals surface area contributed by atoms with Crippen LogP contribution >= 0.6 is 0 Å². The molecule has 1 N–H and O–H groups in total. The number of benzene rings is 1. The largest absolute Gasteiger partial charge is 0.493 e. The predicted molar refractivity (Wildman–Crippen MR) is 97.4 cm³/mol. The molecule has 140 valence electrons. The molecule has 1 saturated heterocycles. The highest BCUT2D eigenvalue weighted by Gasteiger charge is 2.34. The molecule has 25 heavy (non-hydrogen) atoms. The van der Waals surface area contributed by atoms with Gasteiger partial charge in [0.2, 0.25) is 0 Å². The normalized spacial score (nSPS) is 32.0. The SMILES string of the molecule is [2H]C([2H])([2H])Oc1ccc(CCO[C@@H]2CCCC[C@H]2N2CCC(O)C2)cc1OC([2H])([2H])[2H].